The van der Waals surface area contributed by atoms with Gasteiger partial charge in [-0.05, 0) is 55.9 Å². The summed E-state index contributed by atoms with van der Waals surface area (Å²) in [5.74, 6) is 1.72. The van der Waals surface area contributed by atoms with Gasteiger partial charge in [-0.3, -0.25) is 0 Å². The number of hydrogen-bond donors (Lipinski definition) is 1. The molecule has 0 amide bonds. The minimum atomic E-state index is 0.445. The average molecular weight is 353 g/mol. The van der Waals surface area contributed by atoms with E-state index in [4.69, 9.17) is 0 Å². The van der Waals surface area contributed by atoms with Gasteiger partial charge < -0.3 is 10.2 Å². The Morgan fingerprint density at radius 1 is 1.29 bits per heavy atom. The van der Waals surface area contributed by atoms with Crippen LogP contribution in [0.25, 0.3) is 0 Å². The average Bonchev–Trinajstić information content (AvgIpc) is 2.48. The lowest BCUT2D eigenvalue weighted by Gasteiger charge is -2.36. The highest BCUT2D eigenvalue weighted by atomic mass is 79.9. The molecule has 3 heteroatoms. The zero-order valence-corrected chi connectivity index (χ0v) is 15.2. The molecule has 0 saturated carbocycles. The first kappa shape index (κ1) is 17.0. The lowest BCUT2D eigenvalue weighted by molar-refractivity contribution is 0.133. The van der Waals surface area contributed by atoms with Crippen LogP contribution in [0.3, 0.4) is 0 Å². The van der Waals surface area contributed by atoms with Crippen LogP contribution in [0.2, 0.25) is 0 Å². The van der Waals surface area contributed by atoms with Crippen molar-refractivity contribution in [3.8, 4) is 0 Å². The third-order valence-electron chi connectivity index (χ3n) is 4.88. The summed E-state index contributed by atoms with van der Waals surface area (Å²) >= 11 is 3.70. The zero-order chi connectivity index (χ0) is 15.2. The van der Waals surface area contributed by atoms with Gasteiger partial charge in [0.05, 0.1) is 0 Å². The van der Waals surface area contributed by atoms with Gasteiger partial charge in [-0.2, -0.15) is 0 Å². The van der Waals surface area contributed by atoms with Crippen LogP contribution in [-0.4, -0.2) is 31.1 Å². The van der Waals surface area contributed by atoms with E-state index in [0.717, 1.165) is 18.4 Å². The monoisotopic (exact) mass is 352 g/mol. The second-order valence-electron chi connectivity index (χ2n) is 6.46. The van der Waals surface area contributed by atoms with Crippen LogP contribution in [0.5, 0.6) is 0 Å². The predicted octanol–water partition coefficient (Wildman–Crippen LogP) is 4.47. The molecule has 3 unspecified atom stereocenters. The fourth-order valence-corrected chi connectivity index (χ4v) is 3.80. The van der Waals surface area contributed by atoms with Gasteiger partial charge in [0.25, 0.3) is 0 Å². The van der Waals surface area contributed by atoms with E-state index >= 15 is 0 Å². The number of nitrogens with zero attached hydrogens (tertiary/aromatic N) is 1. The smallest absolute Gasteiger partial charge is 0.0343 e. The quantitative estimate of drug-likeness (QED) is 0.812. The predicted molar refractivity (Wildman–Crippen MR) is 94.6 cm³/mol. The SMILES string of the molecule is CCNC(CCN1CCC(C)C(C)C1)c1ccccc1Br. The summed E-state index contributed by atoms with van der Waals surface area (Å²) in [5, 5.41) is 3.64. The molecule has 0 aromatic heterocycles. The van der Waals surface area contributed by atoms with Crippen molar-refractivity contribution >= 4 is 15.9 Å². The van der Waals surface area contributed by atoms with Gasteiger partial charge in [-0.25, -0.2) is 0 Å². The highest BCUT2D eigenvalue weighted by Crippen LogP contribution is 2.27. The van der Waals surface area contributed by atoms with E-state index in [0.29, 0.717) is 6.04 Å². The van der Waals surface area contributed by atoms with Crippen molar-refractivity contribution < 1.29 is 0 Å². The fraction of sp³-hybridized carbons (Fsp3) is 0.667. The van der Waals surface area contributed by atoms with Crippen molar-refractivity contribution in [3.63, 3.8) is 0 Å². The van der Waals surface area contributed by atoms with Crippen molar-refractivity contribution in [2.75, 3.05) is 26.2 Å². The Hall–Kier alpha value is -0.380. The summed E-state index contributed by atoms with van der Waals surface area (Å²) in [6.45, 7) is 11.7. The molecule has 1 aromatic carbocycles. The van der Waals surface area contributed by atoms with Gasteiger partial charge in [-0.1, -0.05) is 54.9 Å². The number of nitrogens with one attached hydrogen (secondary N) is 1. The van der Waals surface area contributed by atoms with Gasteiger partial charge in [0, 0.05) is 17.1 Å². The number of halogens is 1. The van der Waals surface area contributed by atoms with Crippen LogP contribution in [-0.2, 0) is 0 Å². The molecule has 1 fully saturated rings. The Morgan fingerprint density at radius 2 is 2.05 bits per heavy atom. The lowest BCUT2D eigenvalue weighted by Crippen LogP contribution is -2.40. The van der Waals surface area contributed by atoms with E-state index in [-0.39, 0.29) is 0 Å². The minimum absolute atomic E-state index is 0.445. The van der Waals surface area contributed by atoms with E-state index < -0.39 is 0 Å². The molecule has 0 radical (unpaired) electrons. The number of rotatable bonds is 6. The number of likely N-dealkylation sites (tertiary alicyclic amines) is 1. The first-order valence-corrected chi connectivity index (χ1v) is 9.11. The number of benzene rings is 1. The van der Waals surface area contributed by atoms with Crippen LogP contribution >= 0.6 is 15.9 Å². The summed E-state index contributed by atoms with van der Waals surface area (Å²) < 4.78 is 1.22. The zero-order valence-electron chi connectivity index (χ0n) is 13.6. The first-order chi connectivity index (χ1) is 10.1. The van der Waals surface area contributed by atoms with E-state index in [2.05, 4.69) is 71.2 Å². The van der Waals surface area contributed by atoms with Gasteiger partial charge >= 0.3 is 0 Å². The topological polar surface area (TPSA) is 15.3 Å². The molecule has 1 saturated heterocycles. The molecule has 1 N–H and O–H groups in total. The van der Waals surface area contributed by atoms with Crippen LogP contribution in [0, 0.1) is 11.8 Å². The summed E-state index contributed by atoms with van der Waals surface area (Å²) in [6.07, 6.45) is 2.53. The minimum Gasteiger partial charge on any atom is -0.310 e. The third kappa shape index (κ3) is 4.80. The van der Waals surface area contributed by atoms with Gasteiger partial charge in [-0.15, -0.1) is 0 Å². The standard InChI is InChI=1S/C18H29BrN2/c1-4-20-18(16-7-5-6-8-17(16)19)10-12-21-11-9-14(2)15(3)13-21/h5-8,14-15,18,20H,4,9-13H2,1-3H3. The molecular formula is C18H29BrN2. The largest absolute Gasteiger partial charge is 0.310 e. The van der Waals surface area contributed by atoms with E-state index in [1.54, 1.807) is 0 Å². The van der Waals surface area contributed by atoms with Crippen molar-refractivity contribution in [3.05, 3.63) is 34.3 Å². The second-order valence-corrected chi connectivity index (χ2v) is 7.32. The molecule has 2 rings (SSSR count). The molecule has 21 heavy (non-hydrogen) atoms. The summed E-state index contributed by atoms with van der Waals surface area (Å²) in [7, 11) is 0. The van der Waals surface area contributed by atoms with Crippen molar-refractivity contribution in [1.82, 2.24) is 10.2 Å². The van der Waals surface area contributed by atoms with E-state index in [1.807, 2.05) is 0 Å². The molecular weight excluding hydrogens is 324 g/mol. The molecule has 2 nitrogen and oxygen atoms in total. The highest BCUT2D eigenvalue weighted by molar-refractivity contribution is 9.10. The molecule has 0 spiro atoms. The van der Waals surface area contributed by atoms with Crippen molar-refractivity contribution in [1.29, 1.82) is 0 Å². The maximum atomic E-state index is 3.70. The van der Waals surface area contributed by atoms with Crippen molar-refractivity contribution in [2.24, 2.45) is 11.8 Å². The normalized spacial score (nSPS) is 25.0. The van der Waals surface area contributed by atoms with E-state index in [9.17, 15) is 0 Å². The molecule has 1 heterocycles. The Bertz CT molecular complexity index is 435. The maximum Gasteiger partial charge on any atom is 0.0343 e. The third-order valence-corrected chi connectivity index (χ3v) is 5.61. The number of piperidine rings is 1. The Kier molecular flexibility index (Phi) is 6.72. The summed E-state index contributed by atoms with van der Waals surface area (Å²) in [6, 6.07) is 9.04. The molecule has 0 aliphatic carbocycles. The molecule has 1 aliphatic heterocycles. The lowest BCUT2D eigenvalue weighted by atomic mass is 9.88. The molecule has 1 aliphatic rings. The van der Waals surface area contributed by atoms with Crippen LogP contribution in [0.1, 0.15) is 45.2 Å². The van der Waals surface area contributed by atoms with Gasteiger partial charge in [0.15, 0.2) is 0 Å². The molecule has 1 aromatic rings. The van der Waals surface area contributed by atoms with Gasteiger partial charge in [0.2, 0.25) is 0 Å². The highest BCUT2D eigenvalue weighted by Gasteiger charge is 2.23. The fourth-order valence-electron chi connectivity index (χ4n) is 3.24. The second kappa shape index (κ2) is 8.30. The van der Waals surface area contributed by atoms with Gasteiger partial charge in [0.1, 0.15) is 0 Å². The molecule has 3 atom stereocenters. The maximum absolute atomic E-state index is 3.70. The Balaban J connectivity index is 1.93. The van der Waals surface area contributed by atoms with Crippen LogP contribution in [0.4, 0.5) is 0 Å². The van der Waals surface area contributed by atoms with Crippen LogP contribution in [0.15, 0.2) is 28.7 Å². The summed E-state index contributed by atoms with van der Waals surface area (Å²) in [4.78, 5) is 2.64. The Morgan fingerprint density at radius 3 is 2.71 bits per heavy atom. The molecule has 0 bridgehead atoms. The number of hydrogen-bond acceptors (Lipinski definition) is 2. The van der Waals surface area contributed by atoms with E-state index in [1.165, 1.54) is 42.5 Å². The summed E-state index contributed by atoms with van der Waals surface area (Å²) in [5.41, 5.74) is 1.39. The van der Waals surface area contributed by atoms with Crippen molar-refractivity contribution in [2.45, 2.75) is 39.7 Å². The Labute approximate surface area is 138 Å². The van der Waals surface area contributed by atoms with Crippen LogP contribution < -0.4 is 5.32 Å². The molecule has 118 valence electrons. The first-order valence-electron chi connectivity index (χ1n) is 8.32.